The monoisotopic (exact) mass is 704 g/mol. The van der Waals surface area contributed by atoms with Crippen LogP contribution in [0.2, 0.25) is 0 Å². The van der Waals surface area contributed by atoms with E-state index >= 15 is 0 Å². The summed E-state index contributed by atoms with van der Waals surface area (Å²) in [6, 6.07) is -0.395. The van der Waals surface area contributed by atoms with Crippen molar-refractivity contribution in [2.24, 2.45) is 17.8 Å². The molecule has 0 saturated carbocycles. The Labute approximate surface area is 294 Å². The van der Waals surface area contributed by atoms with Gasteiger partial charge in [0.1, 0.15) is 23.9 Å². The van der Waals surface area contributed by atoms with Crippen molar-refractivity contribution in [2.75, 3.05) is 20.7 Å². The third-order valence-electron chi connectivity index (χ3n) is 11.3. The SMILES string of the molecule is CC[C@H]1OC(=O)[C@H](C)[C@@H](O[C@H]2C[C@@](C)(OC)[C@@H](O)[C@H](C)O2)[C@H](C)[C@@H](O[C@H]2C[C@@H](NC)C[C@@H](C)O2)[C@](C)(O)C[C@@H](C)CN[C@H](C)[C@@H](O)[C@]1(C)O. The van der Waals surface area contributed by atoms with Crippen molar-refractivity contribution in [1.29, 1.82) is 0 Å². The lowest BCUT2D eigenvalue weighted by atomic mass is 9.77. The zero-order chi connectivity index (χ0) is 37.1. The molecule has 0 aromatic heterocycles. The highest BCUT2D eigenvalue weighted by Gasteiger charge is 2.51. The van der Waals surface area contributed by atoms with E-state index in [0.29, 0.717) is 19.4 Å². The summed E-state index contributed by atoms with van der Waals surface area (Å²) in [5.41, 5.74) is -4.18. The molecule has 288 valence electrons. The van der Waals surface area contributed by atoms with Crippen molar-refractivity contribution >= 4 is 5.97 Å². The molecule has 3 heterocycles. The molecule has 0 bridgehead atoms. The highest BCUT2D eigenvalue weighted by Crippen LogP contribution is 2.39. The second-order valence-electron chi connectivity index (χ2n) is 15.9. The zero-order valence-electron chi connectivity index (χ0n) is 32.0. The Kier molecular flexibility index (Phi) is 14.9. The minimum atomic E-state index is -1.77. The predicted molar refractivity (Wildman–Crippen MR) is 184 cm³/mol. The molecule has 3 fully saturated rings. The van der Waals surface area contributed by atoms with E-state index in [1.165, 1.54) is 14.0 Å². The van der Waals surface area contributed by atoms with Crippen LogP contribution in [0.5, 0.6) is 0 Å². The largest absolute Gasteiger partial charge is 0.459 e. The van der Waals surface area contributed by atoms with E-state index in [4.69, 9.17) is 28.4 Å². The predicted octanol–water partition coefficient (Wildman–Crippen LogP) is 2.25. The van der Waals surface area contributed by atoms with E-state index in [-0.39, 0.29) is 30.9 Å². The molecule has 17 atom stereocenters. The van der Waals surface area contributed by atoms with Crippen LogP contribution in [0.15, 0.2) is 0 Å². The second-order valence-corrected chi connectivity index (χ2v) is 15.9. The first-order valence-electron chi connectivity index (χ1n) is 18.3. The number of esters is 1. The highest BCUT2D eigenvalue weighted by atomic mass is 16.7. The van der Waals surface area contributed by atoms with Gasteiger partial charge in [0.05, 0.1) is 41.5 Å². The van der Waals surface area contributed by atoms with Crippen LogP contribution in [0.3, 0.4) is 0 Å². The molecule has 0 aromatic carbocycles. The van der Waals surface area contributed by atoms with Crippen LogP contribution in [0.1, 0.15) is 101 Å². The Hall–Kier alpha value is -0.970. The number of carbonyl (C=O) groups is 1. The highest BCUT2D eigenvalue weighted by molar-refractivity contribution is 5.73. The summed E-state index contributed by atoms with van der Waals surface area (Å²) in [5.74, 6) is -2.29. The number of methoxy groups -OCH3 is 1. The second kappa shape index (κ2) is 17.2. The number of hydrogen-bond donors (Lipinski definition) is 6. The van der Waals surface area contributed by atoms with Gasteiger partial charge >= 0.3 is 5.97 Å². The Morgan fingerprint density at radius 3 is 2.18 bits per heavy atom. The standard InChI is InChI=1S/C36H68N2O11/c1-13-26-36(10,43)30(39)23(6)38-18-19(2)16-34(8,42)32(49-27-15-25(37-11)14-20(3)45-27)21(4)29(22(5)33(41)47-26)48-28-17-35(9,44-12)31(40)24(7)46-28/h19-32,37-40,42-43H,13-18H2,1-12H3/t19-,20-,21+,22-,23-,24+,25+,26-,27+,28+,29+,30-,31+,32-,34-,35-,36-/m1/s1. The van der Waals surface area contributed by atoms with E-state index in [9.17, 15) is 25.2 Å². The number of aliphatic hydroxyl groups excluding tert-OH is 2. The summed E-state index contributed by atoms with van der Waals surface area (Å²) < 4.78 is 37.6. The van der Waals surface area contributed by atoms with Gasteiger partial charge in [-0.25, -0.2) is 0 Å². The molecule has 49 heavy (non-hydrogen) atoms. The Morgan fingerprint density at radius 2 is 1.59 bits per heavy atom. The molecule has 13 heteroatoms. The minimum absolute atomic E-state index is 0.0789. The van der Waals surface area contributed by atoms with Crippen molar-refractivity contribution in [1.82, 2.24) is 10.6 Å². The molecule has 3 aliphatic heterocycles. The van der Waals surface area contributed by atoms with Gasteiger partial charge in [-0.15, -0.1) is 0 Å². The molecular weight excluding hydrogens is 636 g/mol. The Balaban J connectivity index is 2.11. The number of aliphatic hydroxyl groups is 4. The van der Waals surface area contributed by atoms with Gasteiger partial charge in [0.2, 0.25) is 0 Å². The third-order valence-corrected chi connectivity index (χ3v) is 11.3. The van der Waals surface area contributed by atoms with E-state index < -0.39 is 89.9 Å². The first-order chi connectivity index (χ1) is 22.7. The van der Waals surface area contributed by atoms with E-state index in [2.05, 4.69) is 10.6 Å². The van der Waals surface area contributed by atoms with Crippen LogP contribution in [-0.2, 0) is 33.2 Å². The van der Waals surface area contributed by atoms with Crippen molar-refractivity contribution < 1.29 is 53.6 Å². The van der Waals surface area contributed by atoms with Crippen LogP contribution in [-0.4, -0.2) is 131 Å². The number of carbonyl (C=O) groups excluding carboxylic acids is 1. The van der Waals surface area contributed by atoms with E-state index in [1.807, 2.05) is 27.8 Å². The van der Waals surface area contributed by atoms with Crippen molar-refractivity contribution in [3.8, 4) is 0 Å². The van der Waals surface area contributed by atoms with Crippen molar-refractivity contribution in [3.63, 3.8) is 0 Å². The van der Waals surface area contributed by atoms with Gasteiger partial charge in [-0.2, -0.15) is 0 Å². The minimum Gasteiger partial charge on any atom is -0.459 e. The zero-order valence-corrected chi connectivity index (χ0v) is 32.0. The first-order valence-corrected chi connectivity index (χ1v) is 18.3. The average Bonchev–Trinajstić information content (AvgIpc) is 3.03. The van der Waals surface area contributed by atoms with E-state index in [0.717, 1.165) is 6.42 Å². The molecule has 0 unspecified atom stereocenters. The van der Waals surface area contributed by atoms with Gasteiger partial charge in [-0.05, 0) is 87.2 Å². The quantitative estimate of drug-likeness (QED) is 0.213. The van der Waals surface area contributed by atoms with Crippen LogP contribution < -0.4 is 10.6 Å². The van der Waals surface area contributed by atoms with Gasteiger partial charge in [-0.3, -0.25) is 4.79 Å². The summed E-state index contributed by atoms with van der Waals surface area (Å²) in [5, 5.41) is 52.7. The lowest BCUT2D eigenvalue weighted by Gasteiger charge is -2.48. The fourth-order valence-electron chi connectivity index (χ4n) is 8.15. The molecule has 0 radical (unpaired) electrons. The van der Waals surface area contributed by atoms with Crippen molar-refractivity contribution in [2.45, 2.75) is 186 Å². The summed E-state index contributed by atoms with van der Waals surface area (Å²) in [6.07, 6.45) is -5.11. The fraction of sp³-hybridized carbons (Fsp3) is 0.972. The molecule has 0 aromatic rings. The average molecular weight is 705 g/mol. The smallest absolute Gasteiger partial charge is 0.311 e. The molecule has 6 N–H and O–H groups in total. The molecule has 0 amide bonds. The molecule has 3 saturated heterocycles. The number of ether oxygens (including phenoxy) is 6. The van der Waals surface area contributed by atoms with Gasteiger partial charge in [0.15, 0.2) is 12.6 Å². The van der Waals surface area contributed by atoms with Gasteiger partial charge in [0.25, 0.3) is 0 Å². The van der Waals surface area contributed by atoms with Crippen LogP contribution in [0.4, 0.5) is 0 Å². The van der Waals surface area contributed by atoms with Crippen LogP contribution in [0.25, 0.3) is 0 Å². The topological polar surface area (TPSA) is 177 Å². The number of cyclic esters (lactones) is 1. The maximum Gasteiger partial charge on any atom is 0.311 e. The third kappa shape index (κ3) is 10.1. The molecule has 0 spiro atoms. The van der Waals surface area contributed by atoms with Gasteiger partial charge in [-0.1, -0.05) is 20.8 Å². The summed E-state index contributed by atoms with van der Waals surface area (Å²) >= 11 is 0. The normalized spacial score (nSPS) is 49.8. The maximum atomic E-state index is 14.1. The van der Waals surface area contributed by atoms with Gasteiger partial charge < -0.3 is 59.5 Å². The Morgan fingerprint density at radius 1 is 0.939 bits per heavy atom. The maximum absolute atomic E-state index is 14.1. The summed E-state index contributed by atoms with van der Waals surface area (Å²) in [4.78, 5) is 14.1. The lowest BCUT2D eigenvalue weighted by Crippen LogP contribution is -2.59. The number of hydrogen-bond acceptors (Lipinski definition) is 13. The summed E-state index contributed by atoms with van der Waals surface area (Å²) in [6.45, 7) is 18.3. The fourth-order valence-corrected chi connectivity index (χ4v) is 8.15. The van der Waals surface area contributed by atoms with Crippen LogP contribution >= 0.6 is 0 Å². The molecular formula is C36H68N2O11. The molecule has 3 aliphatic rings. The molecule has 0 aliphatic carbocycles. The first kappa shape index (κ1) is 42.4. The van der Waals surface area contributed by atoms with E-state index in [1.54, 1.807) is 41.5 Å². The lowest BCUT2D eigenvalue weighted by molar-refractivity contribution is -0.308. The van der Waals surface area contributed by atoms with Crippen molar-refractivity contribution in [3.05, 3.63) is 0 Å². The Bertz CT molecular complexity index is 1050. The van der Waals surface area contributed by atoms with Gasteiger partial charge in [0, 0.05) is 38.0 Å². The van der Waals surface area contributed by atoms with Crippen LogP contribution in [0, 0.1) is 17.8 Å². The molecule has 13 nitrogen and oxygen atoms in total. The molecule has 3 rings (SSSR count). The number of nitrogens with one attached hydrogen (secondary N) is 2. The number of rotatable bonds is 7. The summed E-state index contributed by atoms with van der Waals surface area (Å²) in [7, 11) is 3.43.